The predicted molar refractivity (Wildman–Crippen MR) is 104 cm³/mol. The van der Waals surface area contributed by atoms with Gasteiger partial charge in [0.05, 0.1) is 5.56 Å². The topological polar surface area (TPSA) is 58.1 Å². The van der Waals surface area contributed by atoms with Gasteiger partial charge in [0.25, 0.3) is 5.91 Å². The van der Waals surface area contributed by atoms with Gasteiger partial charge in [0.15, 0.2) is 0 Å². The van der Waals surface area contributed by atoms with Gasteiger partial charge in [-0.2, -0.15) is 0 Å². The second-order valence-electron chi connectivity index (χ2n) is 6.92. The van der Waals surface area contributed by atoms with E-state index >= 15 is 0 Å². The number of aromatic nitrogens is 2. The van der Waals surface area contributed by atoms with Crippen LogP contribution in [0.5, 0.6) is 0 Å². The molecule has 26 heavy (non-hydrogen) atoms. The zero-order chi connectivity index (χ0) is 17.8. The van der Waals surface area contributed by atoms with E-state index in [1.54, 1.807) is 12.4 Å². The summed E-state index contributed by atoms with van der Waals surface area (Å²) >= 11 is 0. The number of allylic oxidation sites excluding steroid dienone is 1. The van der Waals surface area contributed by atoms with Crippen molar-refractivity contribution in [1.82, 2.24) is 9.97 Å². The van der Waals surface area contributed by atoms with Gasteiger partial charge in [0.2, 0.25) is 5.95 Å². The molecule has 0 atom stereocenters. The van der Waals surface area contributed by atoms with E-state index < -0.39 is 0 Å². The Kier molecular flexibility index (Phi) is 4.95. The van der Waals surface area contributed by atoms with Gasteiger partial charge in [0, 0.05) is 31.2 Å². The highest BCUT2D eigenvalue weighted by Crippen LogP contribution is 2.28. The van der Waals surface area contributed by atoms with Gasteiger partial charge in [-0.15, -0.1) is 0 Å². The number of fused-ring (bicyclic) bond motifs is 1. The number of nitrogens with one attached hydrogen (secondary N) is 1. The van der Waals surface area contributed by atoms with E-state index in [1.807, 2.05) is 23.1 Å². The first-order valence-electron chi connectivity index (χ1n) is 9.45. The van der Waals surface area contributed by atoms with Crippen molar-refractivity contribution >= 4 is 17.5 Å². The van der Waals surface area contributed by atoms with E-state index in [1.165, 1.54) is 36.8 Å². The van der Waals surface area contributed by atoms with Gasteiger partial charge in [0.1, 0.15) is 0 Å². The number of benzene rings is 1. The SMILES string of the molecule is O=C(c1cnc(NCCC2=CCCCC2)nc1)N1CCc2ccccc21. The van der Waals surface area contributed by atoms with Crippen molar-refractivity contribution in [3.63, 3.8) is 0 Å². The summed E-state index contributed by atoms with van der Waals surface area (Å²) < 4.78 is 0. The largest absolute Gasteiger partial charge is 0.354 e. The quantitative estimate of drug-likeness (QED) is 0.830. The number of carbonyl (C=O) groups is 1. The molecule has 1 aromatic carbocycles. The molecule has 1 aromatic heterocycles. The smallest absolute Gasteiger partial charge is 0.261 e. The average Bonchev–Trinajstić information content (AvgIpc) is 3.13. The van der Waals surface area contributed by atoms with Crippen LogP contribution in [0.4, 0.5) is 11.6 Å². The Bertz CT molecular complexity index is 813. The third kappa shape index (κ3) is 3.62. The van der Waals surface area contributed by atoms with Crippen LogP contribution in [0.2, 0.25) is 0 Å². The van der Waals surface area contributed by atoms with Crippen LogP contribution >= 0.6 is 0 Å². The van der Waals surface area contributed by atoms with Gasteiger partial charge in [-0.1, -0.05) is 29.8 Å². The van der Waals surface area contributed by atoms with Crippen LogP contribution in [0.3, 0.4) is 0 Å². The number of amides is 1. The number of rotatable bonds is 5. The number of carbonyl (C=O) groups excluding carboxylic acids is 1. The summed E-state index contributed by atoms with van der Waals surface area (Å²) in [4.78, 5) is 23.2. The molecule has 134 valence electrons. The maximum absolute atomic E-state index is 12.8. The molecule has 0 unspecified atom stereocenters. The van der Waals surface area contributed by atoms with Crippen molar-refractivity contribution in [2.24, 2.45) is 0 Å². The number of hydrogen-bond acceptors (Lipinski definition) is 4. The minimum Gasteiger partial charge on any atom is -0.354 e. The molecular weight excluding hydrogens is 324 g/mol. The van der Waals surface area contributed by atoms with Gasteiger partial charge in [-0.05, 0) is 50.2 Å². The zero-order valence-corrected chi connectivity index (χ0v) is 14.9. The highest BCUT2D eigenvalue weighted by Gasteiger charge is 2.25. The lowest BCUT2D eigenvalue weighted by molar-refractivity contribution is 0.0988. The standard InChI is InChI=1S/C21H24N4O/c26-20(25-13-11-17-8-4-5-9-19(17)25)18-14-23-21(24-15-18)22-12-10-16-6-2-1-3-7-16/h4-6,8-9,14-15H,1-3,7,10-13H2,(H,22,23,24). The minimum atomic E-state index is -0.0335. The molecule has 2 heterocycles. The molecule has 5 nitrogen and oxygen atoms in total. The molecule has 5 heteroatoms. The molecule has 1 aliphatic carbocycles. The van der Waals surface area contributed by atoms with Crippen molar-refractivity contribution in [3.05, 3.63) is 59.4 Å². The molecule has 0 saturated carbocycles. The molecule has 0 fully saturated rings. The van der Waals surface area contributed by atoms with Gasteiger partial charge in [-0.25, -0.2) is 9.97 Å². The van der Waals surface area contributed by atoms with E-state index in [-0.39, 0.29) is 5.91 Å². The van der Waals surface area contributed by atoms with Crippen LogP contribution in [-0.2, 0) is 6.42 Å². The lowest BCUT2D eigenvalue weighted by Crippen LogP contribution is -2.29. The predicted octanol–water partition coefficient (Wildman–Crippen LogP) is 3.98. The lowest BCUT2D eigenvalue weighted by Gasteiger charge is -2.17. The molecule has 0 spiro atoms. The van der Waals surface area contributed by atoms with E-state index in [0.29, 0.717) is 18.1 Å². The molecule has 1 N–H and O–H groups in total. The third-order valence-electron chi connectivity index (χ3n) is 5.15. The number of para-hydroxylation sites is 1. The summed E-state index contributed by atoms with van der Waals surface area (Å²) in [5, 5.41) is 3.26. The molecule has 0 radical (unpaired) electrons. The Hall–Kier alpha value is -2.69. The number of hydrogen-bond donors (Lipinski definition) is 1. The number of anilines is 2. The first-order chi connectivity index (χ1) is 12.8. The summed E-state index contributed by atoms with van der Waals surface area (Å²) in [6, 6.07) is 8.06. The monoisotopic (exact) mass is 348 g/mol. The van der Waals surface area contributed by atoms with E-state index in [2.05, 4.69) is 27.4 Å². The van der Waals surface area contributed by atoms with E-state index in [0.717, 1.165) is 25.1 Å². The lowest BCUT2D eigenvalue weighted by atomic mass is 9.97. The van der Waals surface area contributed by atoms with Gasteiger partial charge in [-0.3, -0.25) is 4.79 Å². The van der Waals surface area contributed by atoms with Crippen LogP contribution in [0.1, 0.15) is 48.0 Å². The Morgan fingerprint density at radius 3 is 2.77 bits per heavy atom. The van der Waals surface area contributed by atoms with E-state index in [4.69, 9.17) is 0 Å². The highest BCUT2D eigenvalue weighted by molar-refractivity contribution is 6.06. The van der Waals surface area contributed by atoms with Crippen molar-refractivity contribution < 1.29 is 4.79 Å². The summed E-state index contributed by atoms with van der Waals surface area (Å²) in [6.07, 6.45) is 12.6. The summed E-state index contributed by atoms with van der Waals surface area (Å²) in [7, 11) is 0. The van der Waals surface area contributed by atoms with Crippen LogP contribution in [-0.4, -0.2) is 29.0 Å². The normalized spacial score (nSPS) is 16.2. The van der Waals surface area contributed by atoms with Crippen LogP contribution < -0.4 is 10.2 Å². The van der Waals surface area contributed by atoms with Crippen molar-refractivity contribution in [3.8, 4) is 0 Å². The summed E-state index contributed by atoms with van der Waals surface area (Å²) in [6.45, 7) is 1.55. The van der Waals surface area contributed by atoms with Crippen molar-refractivity contribution in [1.29, 1.82) is 0 Å². The molecule has 1 amide bonds. The zero-order valence-electron chi connectivity index (χ0n) is 14.9. The summed E-state index contributed by atoms with van der Waals surface area (Å²) in [5.41, 5.74) is 4.28. The van der Waals surface area contributed by atoms with Gasteiger partial charge >= 0.3 is 0 Å². The first kappa shape index (κ1) is 16.8. The Labute approximate surface area is 154 Å². The molecule has 2 aromatic rings. The maximum Gasteiger partial charge on any atom is 0.261 e. The fraction of sp³-hybridized carbons (Fsp3) is 0.381. The molecule has 2 aliphatic rings. The van der Waals surface area contributed by atoms with E-state index in [9.17, 15) is 4.79 Å². The minimum absolute atomic E-state index is 0.0335. The summed E-state index contributed by atoms with van der Waals surface area (Å²) in [5.74, 6) is 0.550. The molecule has 0 saturated heterocycles. The van der Waals surface area contributed by atoms with Crippen LogP contribution in [0.25, 0.3) is 0 Å². The Morgan fingerprint density at radius 1 is 1.12 bits per heavy atom. The maximum atomic E-state index is 12.8. The molecule has 1 aliphatic heterocycles. The van der Waals surface area contributed by atoms with Crippen molar-refractivity contribution in [2.75, 3.05) is 23.3 Å². The van der Waals surface area contributed by atoms with Gasteiger partial charge < -0.3 is 10.2 Å². The second-order valence-corrected chi connectivity index (χ2v) is 6.92. The van der Waals surface area contributed by atoms with Crippen LogP contribution in [0, 0.1) is 0 Å². The fourth-order valence-corrected chi connectivity index (χ4v) is 3.70. The average molecular weight is 348 g/mol. The third-order valence-corrected chi connectivity index (χ3v) is 5.15. The Morgan fingerprint density at radius 2 is 1.96 bits per heavy atom. The van der Waals surface area contributed by atoms with Crippen LogP contribution in [0.15, 0.2) is 48.3 Å². The molecular formula is C21H24N4O. The molecule has 0 bridgehead atoms. The Balaban J connectivity index is 1.35. The fourth-order valence-electron chi connectivity index (χ4n) is 3.70. The second kappa shape index (κ2) is 7.68. The molecule has 4 rings (SSSR count). The number of nitrogens with zero attached hydrogens (tertiary/aromatic N) is 3. The first-order valence-corrected chi connectivity index (χ1v) is 9.45. The van der Waals surface area contributed by atoms with Crippen molar-refractivity contribution in [2.45, 2.75) is 38.5 Å². The highest BCUT2D eigenvalue weighted by atomic mass is 16.2.